The summed E-state index contributed by atoms with van der Waals surface area (Å²) in [4.78, 5) is 0. The molecule has 2 N–H and O–H groups in total. The predicted molar refractivity (Wildman–Crippen MR) is 85.4 cm³/mol. The minimum atomic E-state index is -3.05. The van der Waals surface area contributed by atoms with Crippen molar-refractivity contribution in [2.24, 2.45) is 5.92 Å². The maximum atomic E-state index is 11.9. The van der Waals surface area contributed by atoms with E-state index in [1.807, 2.05) is 0 Å². The number of sulfonamides is 1. The molecule has 1 aliphatic heterocycles. The maximum Gasteiger partial charge on any atom is 0.211 e. The second-order valence-electron chi connectivity index (χ2n) is 5.96. The summed E-state index contributed by atoms with van der Waals surface area (Å²) in [6.07, 6.45) is 10.2. The van der Waals surface area contributed by atoms with Gasteiger partial charge in [0.1, 0.15) is 0 Å². The molecule has 0 aromatic heterocycles. The van der Waals surface area contributed by atoms with Crippen LogP contribution < -0.4 is 10.0 Å². The molecule has 0 aliphatic carbocycles. The van der Waals surface area contributed by atoms with Crippen LogP contribution in [0.2, 0.25) is 0 Å². The topological polar surface area (TPSA) is 58.2 Å². The van der Waals surface area contributed by atoms with E-state index < -0.39 is 10.0 Å². The molecule has 0 amide bonds. The second kappa shape index (κ2) is 10.6. The van der Waals surface area contributed by atoms with Gasteiger partial charge < -0.3 is 5.32 Å². The van der Waals surface area contributed by atoms with Gasteiger partial charge in [-0.25, -0.2) is 13.1 Å². The van der Waals surface area contributed by atoms with Gasteiger partial charge in [-0.15, -0.1) is 0 Å². The Bertz CT molecular complexity index is 325. The van der Waals surface area contributed by atoms with Crippen LogP contribution >= 0.6 is 0 Å². The molecule has 0 radical (unpaired) electrons. The van der Waals surface area contributed by atoms with Crippen LogP contribution in [0, 0.1) is 5.92 Å². The number of hydrogen-bond acceptors (Lipinski definition) is 3. The molecule has 0 aromatic carbocycles. The molecular formula is C15H32N2O2S. The van der Waals surface area contributed by atoms with E-state index in [4.69, 9.17) is 0 Å². The molecule has 120 valence electrons. The lowest BCUT2D eigenvalue weighted by molar-refractivity contribution is 0.365. The summed E-state index contributed by atoms with van der Waals surface area (Å²) < 4.78 is 26.5. The largest absolute Gasteiger partial charge is 0.317 e. The Morgan fingerprint density at radius 1 is 1.05 bits per heavy atom. The van der Waals surface area contributed by atoms with Crippen LogP contribution in [0.5, 0.6) is 0 Å². The van der Waals surface area contributed by atoms with Gasteiger partial charge in [-0.1, -0.05) is 39.0 Å². The number of unbranched alkanes of at least 4 members (excludes halogenated alkanes) is 5. The van der Waals surface area contributed by atoms with E-state index in [0.717, 1.165) is 45.2 Å². The summed E-state index contributed by atoms with van der Waals surface area (Å²) in [6.45, 7) is 4.89. The van der Waals surface area contributed by atoms with E-state index in [0.29, 0.717) is 18.2 Å². The molecule has 1 fully saturated rings. The van der Waals surface area contributed by atoms with Crippen LogP contribution in [0.25, 0.3) is 0 Å². The summed E-state index contributed by atoms with van der Waals surface area (Å²) in [5, 5.41) is 3.31. The maximum absolute atomic E-state index is 11.9. The molecule has 0 spiro atoms. The van der Waals surface area contributed by atoms with Gasteiger partial charge in [-0.2, -0.15) is 0 Å². The fourth-order valence-corrected chi connectivity index (χ4v) is 3.94. The third kappa shape index (κ3) is 8.93. The van der Waals surface area contributed by atoms with E-state index in [2.05, 4.69) is 17.0 Å². The highest BCUT2D eigenvalue weighted by Gasteiger charge is 2.17. The first-order chi connectivity index (χ1) is 9.64. The lowest BCUT2D eigenvalue weighted by atomic mass is 9.96. The Morgan fingerprint density at radius 3 is 2.40 bits per heavy atom. The van der Waals surface area contributed by atoms with Gasteiger partial charge in [-0.3, -0.25) is 0 Å². The number of piperidine rings is 1. The third-order valence-electron chi connectivity index (χ3n) is 4.11. The molecular weight excluding hydrogens is 272 g/mol. The van der Waals surface area contributed by atoms with E-state index in [1.165, 1.54) is 25.7 Å². The summed E-state index contributed by atoms with van der Waals surface area (Å²) in [6, 6.07) is 0. The van der Waals surface area contributed by atoms with Gasteiger partial charge in [0.2, 0.25) is 10.0 Å². The molecule has 1 rings (SSSR count). The molecule has 0 saturated carbocycles. The Balaban J connectivity index is 2.02. The highest BCUT2D eigenvalue weighted by molar-refractivity contribution is 7.89. The van der Waals surface area contributed by atoms with Crippen LogP contribution in [0.3, 0.4) is 0 Å². The normalized spacial score (nSPS) is 17.4. The summed E-state index contributed by atoms with van der Waals surface area (Å²) >= 11 is 0. The molecule has 4 nitrogen and oxygen atoms in total. The van der Waals surface area contributed by atoms with Crippen molar-refractivity contribution in [3.8, 4) is 0 Å². The van der Waals surface area contributed by atoms with Gasteiger partial charge in [0.05, 0.1) is 5.75 Å². The lowest BCUT2D eigenvalue weighted by Crippen LogP contribution is -2.31. The summed E-state index contributed by atoms with van der Waals surface area (Å²) in [5.74, 6) is 0.884. The number of nitrogens with one attached hydrogen (secondary N) is 2. The molecule has 0 aromatic rings. The van der Waals surface area contributed by atoms with Crippen LogP contribution in [-0.2, 0) is 10.0 Å². The van der Waals surface area contributed by atoms with Crippen molar-refractivity contribution in [3.05, 3.63) is 0 Å². The second-order valence-corrected chi connectivity index (χ2v) is 7.89. The predicted octanol–water partition coefficient (Wildman–Crippen LogP) is 2.66. The Kier molecular flexibility index (Phi) is 9.48. The molecule has 5 heteroatoms. The minimum absolute atomic E-state index is 0.299. The first-order valence-electron chi connectivity index (χ1n) is 8.32. The van der Waals surface area contributed by atoms with Crippen molar-refractivity contribution in [2.75, 3.05) is 25.4 Å². The summed E-state index contributed by atoms with van der Waals surface area (Å²) in [7, 11) is -3.05. The van der Waals surface area contributed by atoms with Crippen molar-refractivity contribution in [2.45, 2.75) is 64.7 Å². The zero-order valence-electron chi connectivity index (χ0n) is 13.0. The van der Waals surface area contributed by atoms with Gasteiger partial charge in [0.25, 0.3) is 0 Å². The average Bonchev–Trinajstić information content (AvgIpc) is 2.45. The van der Waals surface area contributed by atoms with Crippen LogP contribution in [-0.4, -0.2) is 33.8 Å². The van der Waals surface area contributed by atoms with Crippen molar-refractivity contribution in [1.82, 2.24) is 10.0 Å². The Morgan fingerprint density at radius 2 is 1.70 bits per heavy atom. The van der Waals surface area contributed by atoms with Gasteiger partial charge >= 0.3 is 0 Å². The van der Waals surface area contributed by atoms with Gasteiger partial charge in [0.15, 0.2) is 0 Å². The smallest absolute Gasteiger partial charge is 0.211 e. The fourth-order valence-electron chi connectivity index (χ4n) is 2.70. The van der Waals surface area contributed by atoms with Crippen LogP contribution in [0.4, 0.5) is 0 Å². The van der Waals surface area contributed by atoms with E-state index >= 15 is 0 Å². The zero-order chi connectivity index (χ0) is 14.7. The van der Waals surface area contributed by atoms with Crippen molar-refractivity contribution in [1.29, 1.82) is 0 Å². The van der Waals surface area contributed by atoms with Crippen molar-refractivity contribution < 1.29 is 8.42 Å². The first kappa shape index (κ1) is 17.9. The van der Waals surface area contributed by atoms with Crippen molar-refractivity contribution in [3.63, 3.8) is 0 Å². The lowest BCUT2D eigenvalue weighted by Gasteiger charge is -2.22. The molecule has 1 saturated heterocycles. The molecule has 0 atom stereocenters. The Hall–Kier alpha value is -0.130. The molecule has 1 aliphatic rings. The van der Waals surface area contributed by atoms with Crippen LogP contribution in [0.1, 0.15) is 64.7 Å². The van der Waals surface area contributed by atoms with E-state index in [1.54, 1.807) is 0 Å². The fraction of sp³-hybridized carbons (Fsp3) is 1.00. The molecule has 20 heavy (non-hydrogen) atoms. The van der Waals surface area contributed by atoms with Gasteiger partial charge in [-0.05, 0) is 44.7 Å². The monoisotopic (exact) mass is 304 g/mol. The first-order valence-corrected chi connectivity index (χ1v) is 9.97. The van der Waals surface area contributed by atoms with Gasteiger partial charge in [0, 0.05) is 6.54 Å². The van der Waals surface area contributed by atoms with Crippen LogP contribution in [0.15, 0.2) is 0 Å². The quantitative estimate of drug-likeness (QED) is 0.577. The molecule has 0 bridgehead atoms. The van der Waals surface area contributed by atoms with E-state index in [9.17, 15) is 8.42 Å². The van der Waals surface area contributed by atoms with Crippen molar-refractivity contribution >= 4 is 10.0 Å². The Labute approximate surface area is 125 Å². The average molecular weight is 305 g/mol. The zero-order valence-corrected chi connectivity index (χ0v) is 13.8. The van der Waals surface area contributed by atoms with E-state index in [-0.39, 0.29) is 0 Å². The highest BCUT2D eigenvalue weighted by Crippen LogP contribution is 2.16. The molecule has 0 unspecified atom stereocenters. The minimum Gasteiger partial charge on any atom is -0.317 e. The molecule has 1 heterocycles. The SMILES string of the molecule is CCCCCCCCNS(=O)(=O)CCC1CCNCC1. The standard InChI is InChI=1S/C15H32N2O2S/c1-2-3-4-5-6-7-11-17-20(18,19)14-10-15-8-12-16-13-9-15/h15-17H,2-14H2,1H3. The number of rotatable bonds is 11. The summed E-state index contributed by atoms with van der Waals surface area (Å²) in [5.41, 5.74) is 0. The third-order valence-corrected chi connectivity index (χ3v) is 5.52. The highest BCUT2D eigenvalue weighted by atomic mass is 32.2. The number of hydrogen-bond donors (Lipinski definition) is 2.